The number of rotatable bonds is 6. The van der Waals surface area contributed by atoms with E-state index < -0.39 is 5.54 Å². The van der Waals surface area contributed by atoms with Gasteiger partial charge in [0.1, 0.15) is 0 Å². The summed E-state index contributed by atoms with van der Waals surface area (Å²) in [7, 11) is 1.67. The van der Waals surface area contributed by atoms with Crippen LogP contribution >= 0.6 is 0 Å². The Hall–Kier alpha value is -2.66. The van der Waals surface area contributed by atoms with E-state index in [0.717, 1.165) is 49.8 Å². The van der Waals surface area contributed by atoms with Gasteiger partial charge in [0, 0.05) is 31.5 Å². The van der Waals surface area contributed by atoms with E-state index in [2.05, 4.69) is 5.32 Å². The van der Waals surface area contributed by atoms with Crippen LogP contribution in [-0.4, -0.2) is 37.6 Å². The van der Waals surface area contributed by atoms with Gasteiger partial charge in [-0.25, -0.2) is 0 Å². The lowest BCUT2D eigenvalue weighted by Gasteiger charge is -2.53. The van der Waals surface area contributed by atoms with Crippen LogP contribution in [0.25, 0.3) is 0 Å². The number of hydrogen-bond donors (Lipinski definition) is 1. The maximum atomic E-state index is 13.7. The standard InChI is InChI=1S/C25H30N2O3/c1-30-18-10-17-26-23(28)22-20-13-6-7-14-21(20)24(29)27(19-11-4-2-5-12-19)25(22)15-8-3-9-16-25/h2,4-7,11-14,22H,3,8-10,15-18H2,1H3,(H,26,28)/t22-/m1/s1. The van der Waals surface area contributed by atoms with Crippen molar-refractivity contribution in [1.82, 2.24) is 5.32 Å². The Kier molecular flexibility index (Phi) is 6.18. The number of nitrogens with zero attached hydrogens (tertiary/aromatic N) is 1. The molecule has 1 N–H and O–H groups in total. The average molecular weight is 407 g/mol. The summed E-state index contributed by atoms with van der Waals surface area (Å²) in [4.78, 5) is 29.3. The van der Waals surface area contributed by atoms with Crippen molar-refractivity contribution in [2.75, 3.05) is 25.2 Å². The number of carbonyl (C=O) groups is 2. The molecule has 0 bridgehead atoms. The van der Waals surface area contributed by atoms with Crippen molar-refractivity contribution in [2.45, 2.75) is 50.0 Å². The van der Waals surface area contributed by atoms with E-state index in [4.69, 9.17) is 4.74 Å². The molecule has 1 atom stereocenters. The van der Waals surface area contributed by atoms with Gasteiger partial charge >= 0.3 is 0 Å². The van der Waals surface area contributed by atoms with E-state index in [0.29, 0.717) is 18.7 Å². The first kappa shape index (κ1) is 20.6. The molecule has 1 fully saturated rings. The van der Waals surface area contributed by atoms with Crippen molar-refractivity contribution in [2.24, 2.45) is 0 Å². The molecule has 0 unspecified atom stereocenters. The minimum Gasteiger partial charge on any atom is -0.385 e. The van der Waals surface area contributed by atoms with Crippen LogP contribution in [0.2, 0.25) is 0 Å². The minimum atomic E-state index is -0.531. The Morgan fingerprint density at radius 2 is 1.77 bits per heavy atom. The van der Waals surface area contributed by atoms with Gasteiger partial charge in [-0.15, -0.1) is 0 Å². The average Bonchev–Trinajstić information content (AvgIpc) is 2.78. The summed E-state index contributed by atoms with van der Waals surface area (Å²) < 4.78 is 5.12. The molecule has 0 saturated heterocycles. The number of anilines is 1. The van der Waals surface area contributed by atoms with E-state index in [1.54, 1.807) is 7.11 Å². The highest BCUT2D eigenvalue weighted by Crippen LogP contribution is 2.50. The van der Waals surface area contributed by atoms with Crippen LogP contribution in [0, 0.1) is 0 Å². The van der Waals surface area contributed by atoms with Gasteiger partial charge < -0.3 is 15.0 Å². The van der Waals surface area contributed by atoms with Crippen LogP contribution in [-0.2, 0) is 9.53 Å². The first-order valence-corrected chi connectivity index (χ1v) is 10.9. The van der Waals surface area contributed by atoms with E-state index >= 15 is 0 Å². The third-order valence-corrected chi connectivity index (χ3v) is 6.51. The van der Waals surface area contributed by atoms with E-state index in [1.165, 1.54) is 0 Å². The van der Waals surface area contributed by atoms with Crippen LogP contribution in [0.15, 0.2) is 54.6 Å². The highest BCUT2D eigenvalue weighted by atomic mass is 16.5. The summed E-state index contributed by atoms with van der Waals surface area (Å²) in [5, 5.41) is 3.13. The lowest BCUT2D eigenvalue weighted by atomic mass is 9.65. The molecule has 2 aromatic carbocycles. The zero-order chi connectivity index (χ0) is 21.0. The van der Waals surface area contributed by atoms with Crippen molar-refractivity contribution in [3.8, 4) is 0 Å². The predicted octanol–water partition coefficient (Wildman–Crippen LogP) is 4.29. The van der Waals surface area contributed by atoms with Gasteiger partial charge in [0.25, 0.3) is 5.91 Å². The SMILES string of the molecule is COCCCNC(=O)[C@H]1c2ccccc2C(=O)N(c2ccccc2)C12CCCCC2. The monoisotopic (exact) mass is 406 g/mol. The number of ether oxygens (including phenoxy) is 1. The fourth-order valence-electron chi connectivity index (χ4n) is 5.23. The van der Waals surface area contributed by atoms with Gasteiger partial charge in [-0.05, 0) is 43.0 Å². The topological polar surface area (TPSA) is 58.6 Å². The van der Waals surface area contributed by atoms with Crippen LogP contribution in [0.5, 0.6) is 0 Å². The van der Waals surface area contributed by atoms with Crippen molar-refractivity contribution in [1.29, 1.82) is 0 Å². The number of fused-ring (bicyclic) bond motifs is 1. The van der Waals surface area contributed by atoms with Crippen LogP contribution in [0.1, 0.15) is 60.4 Å². The van der Waals surface area contributed by atoms with Crippen molar-refractivity contribution >= 4 is 17.5 Å². The molecule has 158 valence electrons. The molecule has 5 heteroatoms. The molecular formula is C25H30N2O3. The predicted molar refractivity (Wildman–Crippen MR) is 118 cm³/mol. The van der Waals surface area contributed by atoms with E-state index in [9.17, 15) is 9.59 Å². The van der Waals surface area contributed by atoms with Crippen LogP contribution in [0.4, 0.5) is 5.69 Å². The van der Waals surface area contributed by atoms with Gasteiger partial charge in [0.05, 0.1) is 11.5 Å². The molecule has 1 saturated carbocycles. The highest BCUT2D eigenvalue weighted by Gasteiger charge is 2.55. The Morgan fingerprint density at radius 3 is 2.50 bits per heavy atom. The fraction of sp³-hybridized carbons (Fsp3) is 0.440. The van der Waals surface area contributed by atoms with Gasteiger partial charge in [0.15, 0.2) is 0 Å². The second kappa shape index (κ2) is 9.00. The van der Waals surface area contributed by atoms with Gasteiger partial charge in [-0.1, -0.05) is 55.7 Å². The van der Waals surface area contributed by atoms with Crippen molar-refractivity contribution in [3.05, 3.63) is 65.7 Å². The molecule has 1 aliphatic carbocycles. The molecular weight excluding hydrogens is 376 g/mol. The van der Waals surface area contributed by atoms with Gasteiger partial charge in [-0.3, -0.25) is 9.59 Å². The maximum Gasteiger partial charge on any atom is 0.259 e. The Balaban J connectivity index is 1.81. The largest absolute Gasteiger partial charge is 0.385 e. The number of para-hydroxylation sites is 1. The second-order valence-corrected chi connectivity index (χ2v) is 8.30. The Bertz CT molecular complexity index is 890. The van der Waals surface area contributed by atoms with Crippen molar-refractivity contribution < 1.29 is 14.3 Å². The molecule has 2 aromatic rings. The zero-order valence-corrected chi connectivity index (χ0v) is 17.6. The molecule has 2 amide bonds. The van der Waals surface area contributed by atoms with E-state index in [-0.39, 0.29) is 17.7 Å². The highest BCUT2D eigenvalue weighted by molar-refractivity contribution is 6.12. The normalized spacial score (nSPS) is 20.1. The van der Waals surface area contributed by atoms with Gasteiger partial charge in [0.2, 0.25) is 5.91 Å². The minimum absolute atomic E-state index is 0.00197. The summed E-state index contributed by atoms with van der Waals surface area (Å²) in [6, 6.07) is 17.5. The summed E-state index contributed by atoms with van der Waals surface area (Å²) in [6.07, 6.45) is 5.61. The molecule has 1 heterocycles. The maximum absolute atomic E-state index is 13.7. The smallest absolute Gasteiger partial charge is 0.259 e. The van der Waals surface area contributed by atoms with Crippen molar-refractivity contribution in [3.63, 3.8) is 0 Å². The number of nitrogens with one attached hydrogen (secondary N) is 1. The summed E-state index contributed by atoms with van der Waals surface area (Å²) in [5.74, 6) is -0.370. The first-order valence-electron chi connectivity index (χ1n) is 10.9. The third-order valence-electron chi connectivity index (χ3n) is 6.51. The lowest BCUT2D eigenvalue weighted by molar-refractivity contribution is -0.124. The molecule has 0 aromatic heterocycles. The van der Waals surface area contributed by atoms with Gasteiger partial charge in [-0.2, -0.15) is 0 Å². The van der Waals surface area contributed by atoms with Crippen LogP contribution < -0.4 is 10.2 Å². The number of methoxy groups -OCH3 is 1. The molecule has 30 heavy (non-hydrogen) atoms. The molecule has 0 radical (unpaired) electrons. The summed E-state index contributed by atoms with van der Waals surface area (Å²) >= 11 is 0. The first-order chi connectivity index (χ1) is 14.7. The Morgan fingerprint density at radius 1 is 1.07 bits per heavy atom. The third kappa shape index (κ3) is 3.63. The molecule has 5 nitrogen and oxygen atoms in total. The molecule has 4 rings (SSSR count). The number of hydrogen-bond acceptors (Lipinski definition) is 3. The number of carbonyl (C=O) groups excluding carboxylic acids is 2. The van der Waals surface area contributed by atoms with E-state index in [1.807, 2.05) is 59.5 Å². The second-order valence-electron chi connectivity index (χ2n) is 8.30. The Labute approximate surface area is 178 Å². The van der Waals surface area contributed by atoms with Crippen LogP contribution in [0.3, 0.4) is 0 Å². The lowest BCUT2D eigenvalue weighted by Crippen LogP contribution is -2.63. The summed E-state index contributed by atoms with van der Waals surface area (Å²) in [5.41, 5.74) is 1.84. The number of benzene rings is 2. The molecule has 2 aliphatic rings. The fourth-order valence-corrected chi connectivity index (χ4v) is 5.23. The summed E-state index contributed by atoms with van der Waals surface area (Å²) in [6.45, 7) is 1.18. The zero-order valence-electron chi connectivity index (χ0n) is 17.6. The molecule has 1 aliphatic heterocycles. The number of amides is 2. The quantitative estimate of drug-likeness (QED) is 0.728. The molecule has 1 spiro atoms.